The van der Waals surface area contributed by atoms with Gasteiger partial charge in [0.1, 0.15) is 11.4 Å². The Bertz CT molecular complexity index is 958. The third-order valence-electron chi connectivity index (χ3n) is 4.82. The molecule has 2 aromatic rings. The summed E-state index contributed by atoms with van der Waals surface area (Å²) in [4.78, 5) is 26.7. The molecule has 1 aromatic heterocycles. The van der Waals surface area contributed by atoms with Crippen LogP contribution in [-0.4, -0.2) is 55.6 Å². The van der Waals surface area contributed by atoms with Gasteiger partial charge in [0.25, 0.3) is 5.91 Å². The number of ether oxygens (including phenoxy) is 1. The van der Waals surface area contributed by atoms with Crippen molar-refractivity contribution in [2.24, 2.45) is 0 Å². The molecule has 1 fully saturated rings. The van der Waals surface area contributed by atoms with Crippen LogP contribution in [0.4, 0.5) is 0 Å². The summed E-state index contributed by atoms with van der Waals surface area (Å²) in [5, 5.41) is 2.89. The molecule has 0 bridgehead atoms. The van der Waals surface area contributed by atoms with Crippen molar-refractivity contribution in [1.29, 1.82) is 0 Å². The highest BCUT2D eigenvalue weighted by Gasteiger charge is 2.30. The van der Waals surface area contributed by atoms with Crippen LogP contribution in [0.1, 0.15) is 40.6 Å². The lowest BCUT2D eigenvalue weighted by Gasteiger charge is -2.31. The summed E-state index contributed by atoms with van der Waals surface area (Å²) in [5.41, 5.74) is 0.768. The average molecular weight is 405 g/mol. The molecule has 0 atom stereocenters. The molecule has 9 heteroatoms. The maximum absolute atomic E-state index is 12.8. The van der Waals surface area contributed by atoms with Gasteiger partial charge in [0.15, 0.2) is 5.78 Å². The first-order valence-electron chi connectivity index (χ1n) is 8.95. The molecule has 8 nitrogen and oxygen atoms in total. The van der Waals surface area contributed by atoms with E-state index in [4.69, 9.17) is 4.74 Å². The van der Waals surface area contributed by atoms with Gasteiger partial charge in [-0.15, -0.1) is 0 Å². The number of aromatic nitrogens is 1. The number of nitrogens with one attached hydrogen (secondary N) is 2. The van der Waals surface area contributed by atoms with Crippen molar-refractivity contribution in [3.8, 4) is 5.75 Å². The number of hydrogen-bond donors (Lipinski definition) is 2. The molecule has 1 aliphatic heterocycles. The fourth-order valence-corrected chi connectivity index (χ4v) is 4.60. The molecule has 150 valence electrons. The van der Waals surface area contributed by atoms with Gasteiger partial charge in [-0.05, 0) is 50.1 Å². The summed E-state index contributed by atoms with van der Waals surface area (Å²) in [6.45, 7) is 2.08. The number of aromatic amines is 1. The zero-order valence-electron chi connectivity index (χ0n) is 15.8. The van der Waals surface area contributed by atoms with Crippen molar-refractivity contribution in [3.05, 3.63) is 47.8 Å². The molecule has 0 unspecified atom stereocenters. The maximum atomic E-state index is 12.8. The average Bonchev–Trinajstić information content (AvgIpc) is 3.19. The van der Waals surface area contributed by atoms with Crippen LogP contribution in [0.15, 0.2) is 41.4 Å². The van der Waals surface area contributed by atoms with E-state index < -0.39 is 10.0 Å². The quantitative estimate of drug-likeness (QED) is 0.713. The highest BCUT2D eigenvalue weighted by atomic mass is 32.2. The molecular formula is C19H23N3O5S. The Labute approximate surface area is 163 Å². The highest BCUT2D eigenvalue weighted by Crippen LogP contribution is 2.23. The van der Waals surface area contributed by atoms with Gasteiger partial charge in [-0.1, -0.05) is 0 Å². The Kier molecular flexibility index (Phi) is 5.85. The number of nitrogens with zero attached hydrogens (tertiary/aromatic N) is 1. The number of hydrogen-bond acceptors (Lipinski definition) is 5. The number of carbonyl (C=O) groups excluding carboxylic acids is 2. The summed E-state index contributed by atoms with van der Waals surface area (Å²) in [6.07, 6.45) is 2.53. The van der Waals surface area contributed by atoms with E-state index in [9.17, 15) is 18.0 Å². The van der Waals surface area contributed by atoms with E-state index in [0.29, 0.717) is 42.9 Å². The molecule has 0 saturated carbocycles. The number of benzene rings is 1. The van der Waals surface area contributed by atoms with Gasteiger partial charge < -0.3 is 15.0 Å². The predicted octanol–water partition coefficient (Wildman–Crippen LogP) is 1.81. The standard InChI is InChI=1S/C19H23N3O5S/c1-13(23)14-11-18(20-12-14)19(24)21-15-7-9-22(10-8-15)28(25,26)17-5-3-16(27-2)4-6-17/h3-6,11-12,15,20H,7-10H2,1-2H3,(H,21,24). The summed E-state index contributed by atoms with van der Waals surface area (Å²) >= 11 is 0. The zero-order valence-corrected chi connectivity index (χ0v) is 16.6. The van der Waals surface area contributed by atoms with Crippen LogP contribution in [0.2, 0.25) is 0 Å². The Morgan fingerprint density at radius 3 is 2.36 bits per heavy atom. The molecule has 28 heavy (non-hydrogen) atoms. The summed E-state index contributed by atoms with van der Waals surface area (Å²) in [7, 11) is -2.05. The lowest BCUT2D eigenvalue weighted by atomic mass is 10.1. The van der Waals surface area contributed by atoms with Crippen molar-refractivity contribution < 1.29 is 22.7 Å². The van der Waals surface area contributed by atoms with Gasteiger partial charge in [0.2, 0.25) is 10.0 Å². The summed E-state index contributed by atoms with van der Waals surface area (Å²) in [5.74, 6) is 0.175. The van der Waals surface area contributed by atoms with E-state index in [1.54, 1.807) is 12.1 Å². The van der Waals surface area contributed by atoms with Crippen LogP contribution in [0, 0.1) is 0 Å². The maximum Gasteiger partial charge on any atom is 0.267 e. The number of amides is 1. The van der Waals surface area contributed by atoms with Crippen LogP contribution in [0.3, 0.4) is 0 Å². The second kappa shape index (κ2) is 8.15. The fraction of sp³-hybridized carbons (Fsp3) is 0.368. The number of Topliss-reactive ketones (excluding diaryl/α,β-unsaturated/α-hetero) is 1. The molecule has 2 heterocycles. The predicted molar refractivity (Wildman–Crippen MR) is 103 cm³/mol. The molecule has 1 amide bonds. The number of methoxy groups -OCH3 is 1. The first-order chi connectivity index (χ1) is 13.3. The van der Waals surface area contributed by atoms with Gasteiger partial charge >= 0.3 is 0 Å². The van der Waals surface area contributed by atoms with Crippen LogP contribution in [0.5, 0.6) is 5.75 Å². The van der Waals surface area contributed by atoms with E-state index in [2.05, 4.69) is 10.3 Å². The van der Waals surface area contributed by atoms with Crippen LogP contribution in [-0.2, 0) is 10.0 Å². The Hall–Kier alpha value is -2.65. The van der Waals surface area contributed by atoms with Crippen LogP contribution in [0.25, 0.3) is 0 Å². The molecule has 0 radical (unpaired) electrons. The van der Waals surface area contributed by atoms with E-state index in [1.165, 1.54) is 42.7 Å². The molecule has 3 rings (SSSR count). The first-order valence-corrected chi connectivity index (χ1v) is 10.4. The van der Waals surface area contributed by atoms with Crippen LogP contribution < -0.4 is 10.1 Å². The van der Waals surface area contributed by atoms with Crippen molar-refractivity contribution in [2.45, 2.75) is 30.7 Å². The lowest BCUT2D eigenvalue weighted by Crippen LogP contribution is -2.46. The monoisotopic (exact) mass is 405 g/mol. The number of H-pyrrole nitrogens is 1. The molecule has 1 saturated heterocycles. The Balaban J connectivity index is 1.58. The van der Waals surface area contributed by atoms with Gasteiger partial charge in [-0.2, -0.15) is 4.31 Å². The smallest absolute Gasteiger partial charge is 0.267 e. The second-order valence-corrected chi connectivity index (χ2v) is 8.62. The molecule has 1 aromatic carbocycles. The molecular weight excluding hydrogens is 382 g/mol. The SMILES string of the molecule is COc1ccc(S(=O)(=O)N2CCC(NC(=O)c3cc(C(C)=O)c[nH]3)CC2)cc1. The van der Waals surface area contributed by atoms with E-state index in [-0.39, 0.29) is 22.6 Å². The summed E-state index contributed by atoms with van der Waals surface area (Å²) in [6, 6.07) is 7.68. The fourth-order valence-electron chi connectivity index (χ4n) is 3.13. The number of piperidine rings is 1. The zero-order chi connectivity index (χ0) is 20.3. The largest absolute Gasteiger partial charge is 0.497 e. The normalized spacial score (nSPS) is 15.9. The van der Waals surface area contributed by atoms with E-state index in [1.807, 2.05) is 0 Å². The van der Waals surface area contributed by atoms with Gasteiger partial charge in [-0.25, -0.2) is 8.42 Å². The van der Waals surface area contributed by atoms with E-state index in [0.717, 1.165) is 0 Å². The highest BCUT2D eigenvalue weighted by molar-refractivity contribution is 7.89. The van der Waals surface area contributed by atoms with E-state index >= 15 is 0 Å². The van der Waals surface area contributed by atoms with Crippen molar-refractivity contribution in [1.82, 2.24) is 14.6 Å². The molecule has 2 N–H and O–H groups in total. The van der Waals surface area contributed by atoms with Crippen molar-refractivity contribution in [3.63, 3.8) is 0 Å². The minimum Gasteiger partial charge on any atom is -0.497 e. The van der Waals surface area contributed by atoms with Gasteiger partial charge in [0, 0.05) is 30.9 Å². The molecule has 1 aliphatic rings. The lowest BCUT2D eigenvalue weighted by molar-refractivity contribution is 0.0919. The van der Waals surface area contributed by atoms with Crippen LogP contribution >= 0.6 is 0 Å². The minimum atomic E-state index is -3.58. The van der Waals surface area contributed by atoms with Gasteiger partial charge in [0.05, 0.1) is 12.0 Å². The number of ketones is 1. The Morgan fingerprint density at radius 1 is 1.18 bits per heavy atom. The first kappa shape index (κ1) is 20.1. The van der Waals surface area contributed by atoms with Gasteiger partial charge in [-0.3, -0.25) is 9.59 Å². The second-order valence-electron chi connectivity index (χ2n) is 6.69. The Morgan fingerprint density at radius 2 is 1.82 bits per heavy atom. The van der Waals surface area contributed by atoms with Crippen molar-refractivity contribution >= 4 is 21.7 Å². The number of carbonyl (C=O) groups is 2. The number of rotatable bonds is 6. The van der Waals surface area contributed by atoms with Crippen molar-refractivity contribution in [2.75, 3.05) is 20.2 Å². The summed E-state index contributed by atoms with van der Waals surface area (Å²) < 4.78 is 32.0. The minimum absolute atomic E-state index is 0.118. The molecule has 0 spiro atoms. The number of sulfonamides is 1. The topological polar surface area (TPSA) is 109 Å². The third-order valence-corrected chi connectivity index (χ3v) is 6.73. The molecule has 0 aliphatic carbocycles. The third kappa shape index (κ3) is 4.26.